The number of hydrogen-bond donors (Lipinski definition) is 2. The Kier molecular flexibility index (Phi) is 5.30. The molecule has 0 heterocycles. The summed E-state index contributed by atoms with van der Waals surface area (Å²) in [7, 11) is 1.58. The molecule has 0 spiro atoms. The molecule has 1 amide bonds. The molecule has 0 atom stereocenters. The van der Waals surface area contributed by atoms with Crippen molar-refractivity contribution >= 4 is 44.9 Å². The van der Waals surface area contributed by atoms with Gasteiger partial charge in [-0.1, -0.05) is 18.2 Å². The van der Waals surface area contributed by atoms with Crippen LogP contribution in [0.5, 0.6) is 5.75 Å². The normalized spacial score (nSPS) is 9.81. The quantitative estimate of drug-likeness (QED) is 0.817. The van der Waals surface area contributed by atoms with E-state index in [-0.39, 0.29) is 11.0 Å². The highest BCUT2D eigenvalue weighted by molar-refractivity contribution is 9.10. The molecule has 0 aliphatic carbocycles. The van der Waals surface area contributed by atoms with Gasteiger partial charge in [-0.15, -0.1) is 0 Å². The van der Waals surface area contributed by atoms with Gasteiger partial charge in [0, 0.05) is 17.3 Å². The van der Waals surface area contributed by atoms with Crippen LogP contribution in [0.1, 0.15) is 10.4 Å². The van der Waals surface area contributed by atoms with Crippen LogP contribution in [0.3, 0.4) is 0 Å². The van der Waals surface area contributed by atoms with Gasteiger partial charge in [0.1, 0.15) is 5.75 Å². The van der Waals surface area contributed by atoms with E-state index in [1.54, 1.807) is 37.4 Å². The van der Waals surface area contributed by atoms with Gasteiger partial charge in [0.2, 0.25) is 0 Å². The Morgan fingerprint density at radius 2 is 1.90 bits per heavy atom. The Morgan fingerprint density at radius 1 is 1.19 bits per heavy atom. The number of halogens is 1. The first-order chi connectivity index (χ1) is 10.1. The molecule has 0 aromatic heterocycles. The first-order valence-electron chi connectivity index (χ1n) is 6.11. The summed E-state index contributed by atoms with van der Waals surface area (Å²) in [4.78, 5) is 12.0. The van der Waals surface area contributed by atoms with E-state index < -0.39 is 0 Å². The zero-order valence-electron chi connectivity index (χ0n) is 11.2. The summed E-state index contributed by atoms with van der Waals surface area (Å²) in [5, 5.41) is 5.80. The van der Waals surface area contributed by atoms with Gasteiger partial charge in [0.15, 0.2) is 5.11 Å². The highest BCUT2D eigenvalue weighted by Gasteiger charge is 2.08. The van der Waals surface area contributed by atoms with Crippen molar-refractivity contribution in [2.75, 3.05) is 12.4 Å². The lowest BCUT2D eigenvalue weighted by Gasteiger charge is -2.11. The van der Waals surface area contributed by atoms with Crippen LogP contribution >= 0.6 is 28.1 Å². The molecule has 21 heavy (non-hydrogen) atoms. The third-order valence-corrected chi connectivity index (χ3v) is 3.53. The first kappa shape index (κ1) is 15.5. The lowest BCUT2D eigenvalue weighted by molar-refractivity contribution is 0.0978. The highest BCUT2D eigenvalue weighted by atomic mass is 79.9. The van der Waals surface area contributed by atoms with E-state index in [2.05, 4.69) is 26.6 Å². The maximum absolute atomic E-state index is 12.0. The monoisotopic (exact) mass is 364 g/mol. The minimum Gasteiger partial charge on any atom is -0.495 e. The van der Waals surface area contributed by atoms with E-state index in [9.17, 15) is 4.79 Å². The number of nitrogens with one attached hydrogen (secondary N) is 2. The summed E-state index contributed by atoms with van der Waals surface area (Å²) in [6.45, 7) is 0. The zero-order valence-corrected chi connectivity index (χ0v) is 13.6. The molecule has 0 saturated heterocycles. The molecule has 4 nitrogen and oxygen atoms in total. The van der Waals surface area contributed by atoms with Crippen LogP contribution in [0.15, 0.2) is 53.0 Å². The van der Waals surface area contributed by atoms with E-state index in [4.69, 9.17) is 17.0 Å². The Morgan fingerprint density at radius 3 is 2.57 bits per heavy atom. The van der Waals surface area contributed by atoms with E-state index in [1.807, 2.05) is 18.2 Å². The summed E-state index contributed by atoms with van der Waals surface area (Å²) >= 11 is 8.50. The molecule has 2 aromatic carbocycles. The number of ether oxygens (including phenoxy) is 1. The molecule has 2 rings (SSSR count). The van der Waals surface area contributed by atoms with Crippen molar-refractivity contribution in [2.45, 2.75) is 0 Å². The number of methoxy groups -OCH3 is 1. The van der Waals surface area contributed by atoms with E-state index in [0.717, 1.165) is 10.2 Å². The fourth-order valence-electron chi connectivity index (χ4n) is 1.66. The summed E-state index contributed by atoms with van der Waals surface area (Å²) in [6, 6.07) is 14.3. The molecule has 6 heteroatoms. The van der Waals surface area contributed by atoms with Crippen molar-refractivity contribution in [3.8, 4) is 5.75 Å². The molecule has 108 valence electrons. The lowest BCUT2D eigenvalue weighted by atomic mass is 10.2. The lowest BCUT2D eigenvalue weighted by Crippen LogP contribution is -2.34. The number of anilines is 1. The number of thiocarbonyl (C=S) groups is 1. The maximum atomic E-state index is 12.0. The van der Waals surface area contributed by atoms with Crippen LogP contribution in [0.25, 0.3) is 0 Å². The van der Waals surface area contributed by atoms with Crippen LogP contribution in [0.2, 0.25) is 0 Å². The van der Waals surface area contributed by atoms with Gasteiger partial charge in [-0.25, -0.2) is 0 Å². The second-order valence-corrected chi connectivity index (χ2v) is 5.39. The largest absolute Gasteiger partial charge is 0.495 e. The Balaban J connectivity index is 2.00. The van der Waals surface area contributed by atoms with Gasteiger partial charge in [-0.3, -0.25) is 10.1 Å². The van der Waals surface area contributed by atoms with Crippen molar-refractivity contribution in [3.05, 3.63) is 58.6 Å². The molecule has 0 radical (unpaired) electrons. The number of benzene rings is 2. The first-order valence-corrected chi connectivity index (χ1v) is 7.31. The van der Waals surface area contributed by atoms with Gasteiger partial charge in [-0.2, -0.15) is 0 Å². The third kappa shape index (κ3) is 4.27. The smallest absolute Gasteiger partial charge is 0.257 e. The molecular formula is C15H13BrN2O2S. The maximum Gasteiger partial charge on any atom is 0.257 e. The molecule has 0 aliphatic heterocycles. The number of amides is 1. The van der Waals surface area contributed by atoms with Crippen molar-refractivity contribution in [1.82, 2.24) is 5.32 Å². The minimum absolute atomic E-state index is 0.230. The summed E-state index contributed by atoms with van der Waals surface area (Å²) in [5.74, 6) is 0.425. The average Bonchev–Trinajstić information content (AvgIpc) is 2.50. The number of rotatable bonds is 3. The van der Waals surface area contributed by atoms with Gasteiger partial charge < -0.3 is 10.1 Å². The standard InChI is InChI=1S/C15H13BrN2O2S/c1-20-13-9-11(7-8-12(13)16)17-15(21)18-14(19)10-5-3-2-4-6-10/h2-9H,1H3,(H2,17,18,19,21). The Labute approximate surface area is 136 Å². The van der Waals surface area contributed by atoms with Crippen LogP contribution in [-0.4, -0.2) is 18.1 Å². The van der Waals surface area contributed by atoms with Crippen molar-refractivity contribution in [2.24, 2.45) is 0 Å². The van der Waals surface area contributed by atoms with E-state index in [0.29, 0.717) is 11.3 Å². The van der Waals surface area contributed by atoms with Crippen LogP contribution in [0.4, 0.5) is 5.69 Å². The minimum atomic E-state index is -0.253. The molecule has 0 aliphatic rings. The summed E-state index contributed by atoms with van der Waals surface area (Å²) < 4.78 is 6.04. The van der Waals surface area contributed by atoms with Crippen LogP contribution in [0, 0.1) is 0 Å². The van der Waals surface area contributed by atoms with Gasteiger partial charge in [0.25, 0.3) is 5.91 Å². The molecule has 2 aromatic rings. The second kappa shape index (κ2) is 7.19. The fourth-order valence-corrected chi connectivity index (χ4v) is 2.28. The molecule has 0 unspecified atom stereocenters. The molecule has 0 saturated carbocycles. The van der Waals surface area contributed by atoms with Crippen LogP contribution in [-0.2, 0) is 0 Å². The SMILES string of the molecule is COc1cc(NC(=S)NC(=O)c2ccccc2)ccc1Br. The van der Waals surface area contributed by atoms with Gasteiger partial charge in [-0.05, 0) is 52.4 Å². The number of hydrogen-bond acceptors (Lipinski definition) is 3. The second-order valence-electron chi connectivity index (χ2n) is 4.12. The predicted octanol–water partition coefficient (Wildman–Crippen LogP) is 3.58. The van der Waals surface area contributed by atoms with Crippen molar-refractivity contribution in [1.29, 1.82) is 0 Å². The average molecular weight is 365 g/mol. The number of carbonyl (C=O) groups is 1. The summed E-state index contributed by atoms with van der Waals surface area (Å²) in [5.41, 5.74) is 1.28. The Hall–Kier alpha value is -1.92. The van der Waals surface area contributed by atoms with E-state index in [1.165, 1.54) is 0 Å². The van der Waals surface area contributed by atoms with Gasteiger partial charge >= 0.3 is 0 Å². The third-order valence-electron chi connectivity index (χ3n) is 2.67. The molecule has 0 bridgehead atoms. The van der Waals surface area contributed by atoms with Crippen molar-refractivity contribution in [3.63, 3.8) is 0 Å². The molecule has 2 N–H and O–H groups in total. The zero-order chi connectivity index (χ0) is 15.2. The van der Waals surface area contributed by atoms with Gasteiger partial charge in [0.05, 0.1) is 11.6 Å². The summed E-state index contributed by atoms with van der Waals surface area (Å²) in [6.07, 6.45) is 0. The predicted molar refractivity (Wildman–Crippen MR) is 90.8 cm³/mol. The van der Waals surface area contributed by atoms with Crippen LogP contribution < -0.4 is 15.4 Å². The highest BCUT2D eigenvalue weighted by Crippen LogP contribution is 2.27. The fraction of sp³-hybridized carbons (Fsp3) is 0.0667. The number of carbonyl (C=O) groups excluding carboxylic acids is 1. The molecular weight excluding hydrogens is 352 g/mol. The Bertz CT molecular complexity index is 662. The topological polar surface area (TPSA) is 50.4 Å². The molecule has 0 fully saturated rings. The van der Waals surface area contributed by atoms with E-state index >= 15 is 0 Å². The van der Waals surface area contributed by atoms with Crippen molar-refractivity contribution < 1.29 is 9.53 Å².